The van der Waals surface area contributed by atoms with Gasteiger partial charge in [0.05, 0.1) is 0 Å². The van der Waals surface area contributed by atoms with Gasteiger partial charge in [-0.25, -0.2) is 0 Å². The van der Waals surface area contributed by atoms with Crippen LogP contribution in [0.5, 0.6) is 0 Å². The summed E-state index contributed by atoms with van der Waals surface area (Å²) in [5.41, 5.74) is 5.08. The summed E-state index contributed by atoms with van der Waals surface area (Å²) in [5, 5.41) is 5.15. The van der Waals surface area contributed by atoms with Crippen molar-refractivity contribution in [2.45, 2.75) is 27.7 Å². The molecule has 5 aromatic carbocycles. The number of fused-ring (bicyclic) bond motifs is 2. The molecule has 150 valence electrons. The van der Waals surface area contributed by atoms with Crippen molar-refractivity contribution in [1.82, 2.24) is 0 Å². The zero-order chi connectivity index (χ0) is 21.3. The summed E-state index contributed by atoms with van der Waals surface area (Å²) in [6.07, 6.45) is 0. The Morgan fingerprint density at radius 3 is 1.20 bits per heavy atom. The fourth-order valence-corrected chi connectivity index (χ4v) is 3.81. The van der Waals surface area contributed by atoms with E-state index in [1.54, 1.807) is 0 Å². The van der Waals surface area contributed by atoms with Gasteiger partial charge >= 0.3 is 0 Å². The lowest BCUT2D eigenvalue weighted by Gasteiger charge is -2.11. The minimum Gasteiger partial charge on any atom is -0.0683 e. The van der Waals surface area contributed by atoms with Gasteiger partial charge in [-0.2, -0.15) is 0 Å². The Labute approximate surface area is 180 Å². The van der Waals surface area contributed by atoms with E-state index in [1.165, 1.54) is 43.8 Å². The smallest absolute Gasteiger partial charge is 0.0105 e. The monoisotopic (exact) mass is 390 g/mol. The number of hydrogen-bond acceptors (Lipinski definition) is 0. The van der Waals surface area contributed by atoms with E-state index in [0.717, 1.165) is 0 Å². The Hall–Kier alpha value is -3.38. The van der Waals surface area contributed by atoms with Crippen molar-refractivity contribution in [3.8, 4) is 22.3 Å². The average Bonchev–Trinajstić information content (AvgIpc) is 2.86. The van der Waals surface area contributed by atoms with Crippen LogP contribution in [0, 0.1) is 0 Å². The molecular weight excluding hydrogens is 360 g/mol. The van der Waals surface area contributed by atoms with Crippen LogP contribution in [0.2, 0.25) is 0 Å². The van der Waals surface area contributed by atoms with Gasteiger partial charge in [-0.3, -0.25) is 0 Å². The second kappa shape index (κ2) is 10.4. The minimum atomic E-state index is 1.26. The average molecular weight is 391 g/mol. The van der Waals surface area contributed by atoms with Crippen LogP contribution >= 0.6 is 0 Å². The molecule has 0 fully saturated rings. The van der Waals surface area contributed by atoms with Gasteiger partial charge in [-0.15, -0.1) is 0 Å². The van der Waals surface area contributed by atoms with E-state index in [4.69, 9.17) is 0 Å². The number of hydrogen-bond donors (Lipinski definition) is 0. The summed E-state index contributed by atoms with van der Waals surface area (Å²) in [7, 11) is 0. The second-order valence-corrected chi connectivity index (χ2v) is 6.63. The van der Waals surface area contributed by atoms with E-state index in [0.29, 0.717) is 0 Å². The Morgan fingerprint density at radius 2 is 0.733 bits per heavy atom. The summed E-state index contributed by atoms with van der Waals surface area (Å²) >= 11 is 0. The van der Waals surface area contributed by atoms with Gasteiger partial charge in [-0.05, 0) is 49.9 Å². The van der Waals surface area contributed by atoms with Gasteiger partial charge in [0.25, 0.3) is 0 Å². The Bertz CT molecular complexity index is 1130. The fourth-order valence-electron chi connectivity index (χ4n) is 3.81. The summed E-state index contributed by atoms with van der Waals surface area (Å²) in [5.74, 6) is 0. The molecule has 0 bridgehead atoms. The van der Waals surface area contributed by atoms with Crippen molar-refractivity contribution < 1.29 is 0 Å². The van der Waals surface area contributed by atoms with Crippen LogP contribution in [-0.2, 0) is 0 Å². The maximum Gasteiger partial charge on any atom is -0.0105 e. The first kappa shape index (κ1) is 21.3. The fraction of sp³-hybridized carbons (Fsp3) is 0.133. The highest BCUT2D eigenvalue weighted by Gasteiger charge is 2.07. The van der Waals surface area contributed by atoms with E-state index < -0.39 is 0 Å². The summed E-state index contributed by atoms with van der Waals surface area (Å²) < 4.78 is 0. The van der Waals surface area contributed by atoms with E-state index in [1.807, 2.05) is 27.7 Å². The van der Waals surface area contributed by atoms with Crippen molar-refractivity contribution in [3.05, 3.63) is 109 Å². The summed E-state index contributed by atoms with van der Waals surface area (Å²) in [4.78, 5) is 0. The molecule has 0 nitrogen and oxygen atoms in total. The van der Waals surface area contributed by atoms with Crippen LogP contribution in [0.1, 0.15) is 27.7 Å². The van der Waals surface area contributed by atoms with Crippen LogP contribution in [0.3, 0.4) is 0 Å². The third-order valence-corrected chi connectivity index (χ3v) is 5.06. The topological polar surface area (TPSA) is 0 Å². The number of rotatable bonds is 2. The predicted molar refractivity (Wildman–Crippen MR) is 135 cm³/mol. The second-order valence-electron chi connectivity index (χ2n) is 6.63. The minimum absolute atomic E-state index is 1.26. The summed E-state index contributed by atoms with van der Waals surface area (Å²) in [6.45, 7) is 8.00. The maximum atomic E-state index is 2.31. The molecule has 0 aliphatic heterocycles. The van der Waals surface area contributed by atoms with Gasteiger partial charge in [0.2, 0.25) is 0 Å². The molecule has 0 saturated carbocycles. The van der Waals surface area contributed by atoms with E-state index in [-0.39, 0.29) is 0 Å². The molecule has 30 heavy (non-hydrogen) atoms. The zero-order valence-corrected chi connectivity index (χ0v) is 18.4. The molecule has 0 N–H and O–H groups in total. The normalized spacial score (nSPS) is 10.0. The molecule has 0 amide bonds. The van der Waals surface area contributed by atoms with Crippen molar-refractivity contribution in [3.63, 3.8) is 0 Å². The molecule has 0 heteroatoms. The molecule has 0 aliphatic carbocycles. The Kier molecular flexibility index (Phi) is 7.40. The molecular formula is C30H30. The van der Waals surface area contributed by atoms with Crippen molar-refractivity contribution in [1.29, 1.82) is 0 Å². The van der Waals surface area contributed by atoms with Gasteiger partial charge in [0.1, 0.15) is 0 Å². The SMILES string of the molecule is CC.CC.c1cc(-c2cccc3ccccc23)cc(-c2cccc3ccccc23)c1. The first-order valence-corrected chi connectivity index (χ1v) is 11.0. The maximum absolute atomic E-state index is 2.31. The molecule has 0 saturated heterocycles. The number of benzene rings is 5. The Morgan fingerprint density at radius 1 is 0.367 bits per heavy atom. The highest BCUT2D eigenvalue weighted by Crippen LogP contribution is 2.34. The molecule has 0 heterocycles. The quantitative estimate of drug-likeness (QED) is 0.281. The third-order valence-electron chi connectivity index (χ3n) is 5.06. The molecule has 0 unspecified atom stereocenters. The molecule has 0 atom stereocenters. The molecule has 5 rings (SSSR count). The van der Waals surface area contributed by atoms with Crippen LogP contribution in [-0.4, -0.2) is 0 Å². The van der Waals surface area contributed by atoms with Gasteiger partial charge in [-0.1, -0.05) is 131 Å². The third kappa shape index (κ3) is 4.28. The first-order chi connectivity index (χ1) is 14.9. The molecule has 0 radical (unpaired) electrons. The molecule has 5 aromatic rings. The van der Waals surface area contributed by atoms with Crippen molar-refractivity contribution in [2.24, 2.45) is 0 Å². The van der Waals surface area contributed by atoms with Crippen molar-refractivity contribution >= 4 is 21.5 Å². The lowest BCUT2D eigenvalue weighted by molar-refractivity contribution is 1.50. The zero-order valence-electron chi connectivity index (χ0n) is 18.4. The van der Waals surface area contributed by atoms with Crippen LogP contribution < -0.4 is 0 Å². The Balaban J connectivity index is 0.000000606. The summed E-state index contributed by atoms with van der Waals surface area (Å²) in [6, 6.07) is 39.1. The van der Waals surface area contributed by atoms with E-state index in [9.17, 15) is 0 Å². The first-order valence-electron chi connectivity index (χ1n) is 11.0. The standard InChI is InChI=1S/C26H18.2C2H6/c1-3-14-23-19(8-1)10-6-16-25(23)21-12-5-13-22(18-21)26-17-7-11-20-9-2-4-15-24(20)26;2*1-2/h1-18H;2*1-2H3. The molecule has 0 aliphatic rings. The van der Waals surface area contributed by atoms with E-state index >= 15 is 0 Å². The van der Waals surface area contributed by atoms with Gasteiger partial charge in [0.15, 0.2) is 0 Å². The van der Waals surface area contributed by atoms with Gasteiger partial charge < -0.3 is 0 Å². The lowest BCUT2D eigenvalue weighted by atomic mass is 9.93. The highest BCUT2D eigenvalue weighted by molar-refractivity contribution is 6.00. The van der Waals surface area contributed by atoms with Crippen LogP contribution in [0.4, 0.5) is 0 Å². The van der Waals surface area contributed by atoms with E-state index in [2.05, 4.69) is 109 Å². The van der Waals surface area contributed by atoms with Crippen molar-refractivity contribution in [2.75, 3.05) is 0 Å². The molecule has 0 spiro atoms. The van der Waals surface area contributed by atoms with Crippen LogP contribution in [0.15, 0.2) is 109 Å². The molecule has 0 aromatic heterocycles. The lowest BCUT2D eigenvalue weighted by Crippen LogP contribution is -1.85. The largest absolute Gasteiger partial charge is 0.0683 e. The predicted octanol–water partition coefficient (Wildman–Crippen LogP) is 9.38. The van der Waals surface area contributed by atoms with Gasteiger partial charge in [0, 0.05) is 0 Å². The highest BCUT2D eigenvalue weighted by atomic mass is 14.1. The van der Waals surface area contributed by atoms with Crippen LogP contribution in [0.25, 0.3) is 43.8 Å².